The summed E-state index contributed by atoms with van der Waals surface area (Å²) in [5, 5.41) is 15.0. The van der Waals surface area contributed by atoms with Gasteiger partial charge in [0.05, 0.1) is 11.0 Å². The van der Waals surface area contributed by atoms with E-state index in [2.05, 4.69) is 52.3 Å². The number of hydrogen-bond acceptors (Lipinski definition) is 3. The fraction of sp³-hybridized carbons (Fsp3) is 0.286. The number of nitrogens with one attached hydrogen (secondary N) is 1. The minimum absolute atomic E-state index is 0.0592. The van der Waals surface area contributed by atoms with Crippen molar-refractivity contribution in [1.82, 2.24) is 9.55 Å². The van der Waals surface area contributed by atoms with Gasteiger partial charge in [-0.05, 0) is 104 Å². The number of rotatable bonds is 7. The summed E-state index contributed by atoms with van der Waals surface area (Å²) in [6, 6.07) is 31.5. The first-order chi connectivity index (χ1) is 20.0. The van der Waals surface area contributed by atoms with Crippen LogP contribution in [0.25, 0.3) is 11.0 Å². The van der Waals surface area contributed by atoms with Gasteiger partial charge in [-0.15, -0.1) is 0 Å². The summed E-state index contributed by atoms with van der Waals surface area (Å²) in [7, 11) is 0. The lowest BCUT2D eigenvalue weighted by Crippen LogP contribution is -2.28. The third-order valence-corrected chi connectivity index (χ3v) is 9.21. The molecule has 0 saturated heterocycles. The van der Waals surface area contributed by atoms with Crippen LogP contribution in [0, 0.1) is 0 Å². The topological polar surface area (TPSA) is 50.1 Å². The fourth-order valence-electron chi connectivity index (χ4n) is 6.52. The van der Waals surface area contributed by atoms with Crippen molar-refractivity contribution < 1.29 is 5.11 Å². The molecule has 0 unspecified atom stereocenters. The van der Waals surface area contributed by atoms with E-state index in [1.807, 2.05) is 36.4 Å². The zero-order valence-electron chi connectivity index (χ0n) is 22.8. The van der Waals surface area contributed by atoms with E-state index in [9.17, 15) is 5.11 Å². The van der Waals surface area contributed by atoms with Crippen LogP contribution in [0.3, 0.4) is 0 Å². The first kappa shape index (κ1) is 26.4. The average Bonchev–Trinajstić information content (AvgIpc) is 3.76. The number of aromatic nitrogens is 2. The summed E-state index contributed by atoms with van der Waals surface area (Å²) in [4.78, 5) is 5.20. The number of imidazole rings is 1. The Morgan fingerprint density at radius 3 is 1.98 bits per heavy atom. The second-order valence-electron chi connectivity index (χ2n) is 11.6. The van der Waals surface area contributed by atoms with Gasteiger partial charge < -0.3 is 15.0 Å². The number of phenolic OH excluding ortho intramolecular Hbond substituents is 1. The minimum Gasteiger partial charge on any atom is -0.508 e. The van der Waals surface area contributed by atoms with Gasteiger partial charge >= 0.3 is 0 Å². The Kier molecular flexibility index (Phi) is 7.14. The van der Waals surface area contributed by atoms with Crippen LogP contribution >= 0.6 is 23.2 Å². The van der Waals surface area contributed by atoms with Gasteiger partial charge in [0.2, 0.25) is 0 Å². The molecule has 0 aliphatic heterocycles. The quantitative estimate of drug-likeness (QED) is 0.188. The molecule has 7 rings (SSSR count). The van der Waals surface area contributed by atoms with Crippen molar-refractivity contribution in [2.75, 3.05) is 5.32 Å². The van der Waals surface area contributed by atoms with Gasteiger partial charge in [0.1, 0.15) is 11.6 Å². The van der Waals surface area contributed by atoms with Crippen LogP contribution in [0.15, 0.2) is 91.0 Å². The Bertz CT molecular complexity index is 1620. The third kappa shape index (κ3) is 5.56. The van der Waals surface area contributed by atoms with Crippen molar-refractivity contribution >= 4 is 39.9 Å². The minimum atomic E-state index is 0.0592. The lowest BCUT2D eigenvalue weighted by molar-refractivity contribution is 0.333. The van der Waals surface area contributed by atoms with Gasteiger partial charge in [0, 0.05) is 45.7 Å². The molecule has 0 bridgehead atoms. The third-order valence-electron chi connectivity index (χ3n) is 8.70. The van der Waals surface area contributed by atoms with Gasteiger partial charge in [-0.2, -0.15) is 0 Å². The molecule has 208 valence electrons. The molecule has 0 spiro atoms. The van der Waals surface area contributed by atoms with Crippen LogP contribution in [-0.2, 0) is 0 Å². The Hall–Kier alpha value is -3.47. The molecule has 2 aliphatic rings. The molecule has 2 N–H and O–H groups in total. The molecule has 1 heterocycles. The lowest BCUT2D eigenvalue weighted by Gasteiger charge is -2.32. The molecule has 0 atom stereocenters. The summed E-state index contributed by atoms with van der Waals surface area (Å²) in [6.07, 6.45) is 6.82. The van der Waals surface area contributed by atoms with Crippen LogP contribution < -0.4 is 5.32 Å². The number of nitrogens with zero attached hydrogens (tertiary/aromatic N) is 2. The number of benzene rings is 4. The van der Waals surface area contributed by atoms with E-state index in [-0.39, 0.29) is 5.92 Å². The number of halogens is 2. The second-order valence-corrected chi connectivity index (χ2v) is 12.5. The van der Waals surface area contributed by atoms with Crippen molar-refractivity contribution in [2.45, 2.75) is 62.4 Å². The molecule has 41 heavy (non-hydrogen) atoms. The smallest absolute Gasteiger partial charge is 0.117 e. The summed E-state index contributed by atoms with van der Waals surface area (Å²) in [6.45, 7) is 0. The molecule has 4 aromatic carbocycles. The average molecular weight is 583 g/mol. The van der Waals surface area contributed by atoms with Crippen LogP contribution in [0.4, 0.5) is 5.69 Å². The van der Waals surface area contributed by atoms with Crippen molar-refractivity contribution in [2.24, 2.45) is 0 Å². The van der Waals surface area contributed by atoms with Gasteiger partial charge in [0.15, 0.2) is 0 Å². The number of fused-ring (bicyclic) bond motifs is 1. The van der Waals surface area contributed by atoms with Gasteiger partial charge in [0.25, 0.3) is 0 Å². The Morgan fingerprint density at radius 1 is 0.732 bits per heavy atom. The van der Waals surface area contributed by atoms with Gasteiger partial charge in [-0.3, -0.25) is 0 Å². The molecule has 2 fully saturated rings. The Morgan fingerprint density at radius 2 is 1.37 bits per heavy atom. The highest BCUT2D eigenvalue weighted by atomic mass is 35.5. The SMILES string of the molecule is Oc1cccc(NC2CCC(n3c(C4CC4)nc4ccc(C(c5ccc(Cl)cc5)c5ccc(Cl)cc5)cc43)CC2)c1. The predicted octanol–water partition coefficient (Wildman–Crippen LogP) is 9.70. The molecule has 5 aromatic rings. The molecule has 4 nitrogen and oxygen atoms in total. The molecule has 2 aliphatic carbocycles. The predicted molar refractivity (Wildman–Crippen MR) is 169 cm³/mol. The first-order valence-corrected chi connectivity index (χ1v) is 15.4. The maximum absolute atomic E-state index is 9.87. The van der Waals surface area contributed by atoms with Crippen molar-refractivity contribution in [3.05, 3.63) is 124 Å². The van der Waals surface area contributed by atoms with E-state index in [0.717, 1.165) is 46.9 Å². The molecular formula is C35H33Cl2N3O. The van der Waals surface area contributed by atoms with Crippen molar-refractivity contribution in [3.8, 4) is 5.75 Å². The zero-order valence-corrected chi connectivity index (χ0v) is 24.3. The normalized spacial score (nSPS) is 19.1. The molecule has 2 saturated carbocycles. The molecule has 6 heteroatoms. The van der Waals surface area contributed by atoms with Crippen LogP contribution in [0.5, 0.6) is 5.75 Å². The highest BCUT2D eigenvalue weighted by Crippen LogP contribution is 2.45. The highest BCUT2D eigenvalue weighted by Gasteiger charge is 2.33. The number of anilines is 1. The van der Waals surface area contributed by atoms with E-state index in [1.165, 1.54) is 40.9 Å². The number of hydrogen-bond donors (Lipinski definition) is 2. The van der Waals surface area contributed by atoms with E-state index in [4.69, 9.17) is 28.2 Å². The van der Waals surface area contributed by atoms with E-state index in [0.29, 0.717) is 23.8 Å². The first-order valence-electron chi connectivity index (χ1n) is 14.6. The maximum Gasteiger partial charge on any atom is 0.117 e. The second kappa shape index (κ2) is 11.1. The monoisotopic (exact) mass is 581 g/mol. The number of aromatic hydroxyl groups is 1. The van der Waals surface area contributed by atoms with Crippen LogP contribution in [0.2, 0.25) is 10.0 Å². The van der Waals surface area contributed by atoms with Crippen molar-refractivity contribution in [1.29, 1.82) is 0 Å². The van der Waals surface area contributed by atoms with Gasteiger partial charge in [-0.25, -0.2) is 4.98 Å². The summed E-state index contributed by atoms with van der Waals surface area (Å²) in [5.41, 5.74) is 6.94. The molecule has 0 amide bonds. The van der Waals surface area contributed by atoms with Gasteiger partial charge in [-0.1, -0.05) is 59.6 Å². The summed E-state index contributed by atoms with van der Waals surface area (Å²) in [5.74, 6) is 2.19. The summed E-state index contributed by atoms with van der Waals surface area (Å²) >= 11 is 12.5. The fourth-order valence-corrected chi connectivity index (χ4v) is 6.77. The number of phenols is 1. The van der Waals surface area contributed by atoms with Crippen molar-refractivity contribution in [3.63, 3.8) is 0 Å². The van der Waals surface area contributed by atoms with E-state index in [1.54, 1.807) is 12.1 Å². The summed E-state index contributed by atoms with van der Waals surface area (Å²) < 4.78 is 2.59. The maximum atomic E-state index is 9.87. The van der Waals surface area contributed by atoms with Crippen LogP contribution in [0.1, 0.15) is 78.9 Å². The van der Waals surface area contributed by atoms with E-state index < -0.39 is 0 Å². The standard InChI is InChI=1S/C35H33Cl2N3O/c36-26-11-6-22(7-12-26)34(23-8-13-27(37)14-9-23)25-10-19-32-33(20-25)40(35(39-32)24-4-5-24)30-17-15-28(16-18-30)38-29-2-1-3-31(41)21-29/h1-3,6-14,19-21,24,28,30,34,38,41H,4-5,15-18H2. The zero-order chi connectivity index (χ0) is 27.9. The molecule has 1 aromatic heterocycles. The van der Waals surface area contributed by atoms with Crippen LogP contribution in [-0.4, -0.2) is 20.7 Å². The Labute approximate surface area is 251 Å². The Balaban J connectivity index is 1.23. The lowest BCUT2D eigenvalue weighted by atomic mass is 9.85. The highest BCUT2D eigenvalue weighted by molar-refractivity contribution is 6.30. The van der Waals surface area contributed by atoms with E-state index >= 15 is 0 Å². The molecule has 0 radical (unpaired) electrons. The molecular weight excluding hydrogens is 549 g/mol. The largest absolute Gasteiger partial charge is 0.508 e.